The minimum absolute atomic E-state index is 0.0795. The highest BCUT2D eigenvalue weighted by Crippen LogP contribution is 2.28. The number of amides is 1. The molecule has 10 heteroatoms. The monoisotopic (exact) mass is 339 g/mol. The van der Waals surface area contributed by atoms with E-state index < -0.39 is 15.9 Å². The summed E-state index contributed by atoms with van der Waals surface area (Å²) in [6, 6.07) is 1.08. The topological polar surface area (TPSA) is 110 Å². The lowest BCUT2D eigenvalue weighted by Gasteiger charge is -2.35. The van der Waals surface area contributed by atoms with Crippen LogP contribution < -0.4 is 0 Å². The van der Waals surface area contributed by atoms with Crippen molar-refractivity contribution in [3.8, 4) is 0 Å². The third kappa shape index (κ3) is 2.86. The fourth-order valence-corrected chi connectivity index (χ4v) is 3.46. The molecule has 2 aromatic rings. The van der Waals surface area contributed by atoms with Gasteiger partial charge in [0.15, 0.2) is 9.84 Å². The molecule has 1 fully saturated rings. The second kappa shape index (κ2) is 5.78. The van der Waals surface area contributed by atoms with Crippen LogP contribution in [0, 0.1) is 0 Å². The van der Waals surface area contributed by atoms with Crippen molar-refractivity contribution in [2.45, 2.75) is 10.9 Å². The van der Waals surface area contributed by atoms with Crippen molar-refractivity contribution in [2.75, 3.05) is 26.0 Å². The predicted molar refractivity (Wildman–Crippen MR) is 79.5 cm³/mol. The van der Waals surface area contributed by atoms with E-state index in [9.17, 15) is 13.2 Å². The second-order valence-corrected chi connectivity index (χ2v) is 7.33. The van der Waals surface area contributed by atoms with Crippen LogP contribution in [0.4, 0.5) is 0 Å². The number of aromatic nitrogens is 4. The van der Waals surface area contributed by atoms with Gasteiger partial charge in [-0.25, -0.2) is 8.42 Å². The fraction of sp³-hybridized carbons (Fsp3) is 0.462. The normalized spacial score (nSPS) is 19.0. The van der Waals surface area contributed by atoms with Gasteiger partial charge in [0.25, 0.3) is 5.91 Å². The summed E-state index contributed by atoms with van der Waals surface area (Å²) in [7, 11) is -1.77. The lowest BCUT2D eigenvalue weighted by atomic mass is 10.1. The zero-order valence-electron chi connectivity index (χ0n) is 12.8. The molecule has 3 heterocycles. The summed E-state index contributed by atoms with van der Waals surface area (Å²) in [6.45, 7) is 0.952. The molecule has 1 aliphatic heterocycles. The number of morpholine rings is 1. The maximum atomic E-state index is 12.8. The Bertz CT molecular complexity index is 825. The quantitative estimate of drug-likeness (QED) is 0.826. The van der Waals surface area contributed by atoms with Crippen LogP contribution in [-0.2, 0) is 21.6 Å². The highest BCUT2D eigenvalue weighted by Gasteiger charge is 2.34. The largest absolute Gasteiger partial charge is 0.377 e. The number of carbonyl (C=O) groups is 1. The number of rotatable bonds is 3. The van der Waals surface area contributed by atoms with Crippen molar-refractivity contribution < 1.29 is 17.9 Å². The van der Waals surface area contributed by atoms with Gasteiger partial charge < -0.3 is 9.64 Å². The summed E-state index contributed by atoms with van der Waals surface area (Å²) in [4.78, 5) is 14.4. The maximum Gasteiger partial charge on any atom is 0.272 e. The Morgan fingerprint density at radius 2 is 2.26 bits per heavy atom. The molecule has 124 valence electrons. The summed E-state index contributed by atoms with van der Waals surface area (Å²) in [5, 5.41) is 10.5. The van der Waals surface area contributed by atoms with Crippen LogP contribution in [0.25, 0.3) is 0 Å². The van der Waals surface area contributed by atoms with Crippen molar-refractivity contribution in [3.05, 3.63) is 29.8 Å². The second-order valence-electron chi connectivity index (χ2n) is 5.35. The van der Waals surface area contributed by atoms with Crippen LogP contribution in [0.1, 0.15) is 22.2 Å². The number of aryl methyl sites for hydroxylation is 1. The van der Waals surface area contributed by atoms with Crippen LogP contribution in [0.5, 0.6) is 0 Å². The molecule has 0 aliphatic carbocycles. The minimum Gasteiger partial charge on any atom is -0.377 e. The van der Waals surface area contributed by atoms with Crippen LogP contribution in [-0.4, -0.2) is 65.2 Å². The molecule has 1 atom stereocenters. The predicted octanol–water partition coefficient (Wildman–Crippen LogP) is -0.240. The standard InChI is InChI=1S/C13H17N5O4S/c1-17-9(3-4-15-17)13(19)18-5-6-22-8-10(18)12-11(7-14-16-12)23(2,20)21/h3-4,7,10H,5-6,8H2,1-2H3,(H,14,16). The number of hydrogen-bond donors (Lipinski definition) is 1. The molecule has 2 aromatic heterocycles. The number of ether oxygens (including phenoxy) is 1. The van der Waals surface area contributed by atoms with E-state index in [2.05, 4.69) is 15.3 Å². The summed E-state index contributed by atoms with van der Waals surface area (Å²) in [6.07, 6.45) is 3.91. The molecule has 0 bridgehead atoms. The lowest BCUT2D eigenvalue weighted by Crippen LogP contribution is -2.44. The average Bonchev–Trinajstić information content (AvgIpc) is 3.14. The molecule has 1 saturated heterocycles. The van der Waals surface area contributed by atoms with E-state index in [1.54, 1.807) is 24.2 Å². The van der Waals surface area contributed by atoms with Gasteiger partial charge in [0.05, 0.1) is 31.1 Å². The van der Waals surface area contributed by atoms with E-state index in [0.717, 1.165) is 6.26 Å². The molecule has 1 unspecified atom stereocenters. The number of H-pyrrole nitrogens is 1. The number of sulfone groups is 1. The molecule has 9 nitrogen and oxygen atoms in total. The first kappa shape index (κ1) is 15.7. The van der Waals surface area contributed by atoms with E-state index in [0.29, 0.717) is 24.5 Å². The van der Waals surface area contributed by atoms with E-state index in [1.165, 1.54) is 10.9 Å². The van der Waals surface area contributed by atoms with E-state index in [-0.39, 0.29) is 17.4 Å². The highest BCUT2D eigenvalue weighted by atomic mass is 32.2. The number of nitrogens with zero attached hydrogens (tertiary/aromatic N) is 4. The highest BCUT2D eigenvalue weighted by molar-refractivity contribution is 7.90. The van der Waals surface area contributed by atoms with Crippen LogP contribution in [0.15, 0.2) is 23.4 Å². The lowest BCUT2D eigenvalue weighted by molar-refractivity contribution is -0.00524. The number of nitrogens with one attached hydrogen (secondary N) is 1. The SMILES string of the molecule is Cn1nccc1C(=O)N1CCOCC1c1[nH]ncc1S(C)(=O)=O. The Balaban J connectivity index is 1.99. The van der Waals surface area contributed by atoms with Gasteiger partial charge in [-0.1, -0.05) is 0 Å². The Morgan fingerprint density at radius 3 is 2.91 bits per heavy atom. The first-order valence-electron chi connectivity index (χ1n) is 6.99. The summed E-state index contributed by atoms with van der Waals surface area (Å²) in [5.41, 5.74) is 0.792. The molecule has 0 radical (unpaired) electrons. The Labute approximate surface area is 133 Å². The van der Waals surface area contributed by atoms with Gasteiger partial charge in [-0.15, -0.1) is 0 Å². The fourth-order valence-electron chi connectivity index (χ4n) is 2.64. The van der Waals surface area contributed by atoms with Gasteiger partial charge in [-0.3, -0.25) is 14.6 Å². The third-order valence-corrected chi connectivity index (χ3v) is 4.92. The zero-order chi connectivity index (χ0) is 16.6. The molecule has 1 aliphatic rings. The molecule has 0 aromatic carbocycles. The first-order chi connectivity index (χ1) is 10.9. The summed E-state index contributed by atoms with van der Waals surface area (Å²) >= 11 is 0. The average molecular weight is 339 g/mol. The molecule has 3 rings (SSSR count). The number of aromatic amines is 1. The molecule has 0 saturated carbocycles. The van der Waals surface area contributed by atoms with Gasteiger partial charge in [0, 0.05) is 26.0 Å². The Morgan fingerprint density at radius 1 is 1.48 bits per heavy atom. The zero-order valence-corrected chi connectivity index (χ0v) is 13.6. The minimum atomic E-state index is -3.46. The Kier molecular flexibility index (Phi) is 3.94. The van der Waals surface area contributed by atoms with Crippen LogP contribution in [0.3, 0.4) is 0 Å². The summed E-state index contributed by atoms with van der Waals surface area (Å²) in [5.74, 6) is -0.229. The molecular formula is C13H17N5O4S. The van der Waals surface area contributed by atoms with E-state index >= 15 is 0 Å². The third-order valence-electron chi connectivity index (χ3n) is 3.79. The van der Waals surface area contributed by atoms with E-state index in [1.807, 2.05) is 0 Å². The van der Waals surface area contributed by atoms with Crippen LogP contribution >= 0.6 is 0 Å². The van der Waals surface area contributed by atoms with Gasteiger partial charge in [0.2, 0.25) is 0 Å². The van der Waals surface area contributed by atoms with Crippen molar-refractivity contribution in [1.29, 1.82) is 0 Å². The van der Waals surface area contributed by atoms with Crippen molar-refractivity contribution in [2.24, 2.45) is 7.05 Å². The van der Waals surface area contributed by atoms with Crippen molar-refractivity contribution in [1.82, 2.24) is 24.9 Å². The van der Waals surface area contributed by atoms with Gasteiger partial charge in [-0.2, -0.15) is 10.2 Å². The van der Waals surface area contributed by atoms with Crippen LogP contribution in [0.2, 0.25) is 0 Å². The Hall–Kier alpha value is -2.20. The van der Waals surface area contributed by atoms with Gasteiger partial charge >= 0.3 is 0 Å². The number of carbonyl (C=O) groups excluding carboxylic acids is 1. The molecule has 0 spiro atoms. The van der Waals surface area contributed by atoms with Crippen molar-refractivity contribution in [3.63, 3.8) is 0 Å². The first-order valence-corrected chi connectivity index (χ1v) is 8.89. The smallest absolute Gasteiger partial charge is 0.272 e. The number of hydrogen-bond acceptors (Lipinski definition) is 6. The van der Waals surface area contributed by atoms with E-state index in [4.69, 9.17) is 4.74 Å². The van der Waals surface area contributed by atoms with Gasteiger partial charge in [-0.05, 0) is 6.07 Å². The maximum absolute atomic E-state index is 12.8. The molecule has 23 heavy (non-hydrogen) atoms. The molecule has 1 amide bonds. The molecule has 1 N–H and O–H groups in total. The molecular weight excluding hydrogens is 322 g/mol. The summed E-state index contributed by atoms with van der Waals surface area (Å²) < 4.78 is 30.7. The van der Waals surface area contributed by atoms with Gasteiger partial charge in [0.1, 0.15) is 10.6 Å². The van der Waals surface area contributed by atoms with Crippen molar-refractivity contribution >= 4 is 15.7 Å².